The number of hydrogen-bond acceptors (Lipinski definition) is 5. The van der Waals surface area contributed by atoms with E-state index < -0.39 is 0 Å². The molecule has 0 radical (unpaired) electrons. The number of rotatable bonds is 6. The Kier molecular flexibility index (Phi) is 5.25. The highest BCUT2D eigenvalue weighted by molar-refractivity contribution is 7.99. The topological polar surface area (TPSA) is 58.4 Å². The Morgan fingerprint density at radius 2 is 2.35 bits per heavy atom. The fraction of sp³-hybridized carbons (Fsp3) is 0.571. The maximum absolute atomic E-state index is 10.9. The third-order valence-electron chi connectivity index (χ3n) is 3.62. The highest BCUT2D eigenvalue weighted by atomic mass is 32.2. The molecule has 0 saturated carbocycles. The molecule has 1 fully saturated rings. The van der Waals surface area contributed by atoms with Crippen LogP contribution in [0.25, 0.3) is 0 Å². The lowest BCUT2D eigenvalue weighted by Gasteiger charge is -2.24. The van der Waals surface area contributed by atoms with Crippen molar-refractivity contribution in [1.82, 2.24) is 4.90 Å². The normalized spacial score (nSPS) is 18.4. The molecule has 1 N–H and O–H groups in total. The third-order valence-corrected chi connectivity index (χ3v) is 4.76. The molecule has 1 aliphatic heterocycles. The Labute approximate surface area is 123 Å². The average Bonchev–Trinajstić information content (AvgIpc) is 2.94. The quantitative estimate of drug-likeness (QED) is 0.646. The van der Waals surface area contributed by atoms with Gasteiger partial charge < -0.3 is 5.32 Å². The van der Waals surface area contributed by atoms with Gasteiger partial charge in [0.25, 0.3) is 5.69 Å². The van der Waals surface area contributed by atoms with Crippen LogP contribution in [0.2, 0.25) is 0 Å². The van der Waals surface area contributed by atoms with E-state index in [1.54, 1.807) is 12.1 Å². The van der Waals surface area contributed by atoms with Gasteiger partial charge in [0.15, 0.2) is 0 Å². The Morgan fingerprint density at radius 3 is 2.95 bits per heavy atom. The van der Waals surface area contributed by atoms with Gasteiger partial charge >= 0.3 is 0 Å². The molecule has 1 aliphatic rings. The van der Waals surface area contributed by atoms with Crippen molar-refractivity contribution in [2.75, 3.05) is 30.4 Å². The van der Waals surface area contributed by atoms with Crippen LogP contribution in [0.15, 0.2) is 18.2 Å². The molecule has 110 valence electrons. The Balaban J connectivity index is 2.17. The number of nitro groups is 1. The first-order chi connectivity index (χ1) is 9.61. The van der Waals surface area contributed by atoms with E-state index in [1.165, 1.54) is 12.2 Å². The summed E-state index contributed by atoms with van der Waals surface area (Å²) >= 11 is 1.98. The fourth-order valence-electron chi connectivity index (χ4n) is 2.45. The number of nitrogens with one attached hydrogen (secondary N) is 1. The highest BCUT2D eigenvalue weighted by Crippen LogP contribution is 2.27. The summed E-state index contributed by atoms with van der Waals surface area (Å²) in [5, 5.41) is 14.2. The van der Waals surface area contributed by atoms with E-state index in [2.05, 4.69) is 17.3 Å². The Morgan fingerprint density at radius 1 is 1.55 bits per heavy atom. The van der Waals surface area contributed by atoms with Crippen LogP contribution in [-0.4, -0.2) is 41.0 Å². The van der Waals surface area contributed by atoms with Gasteiger partial charge in [-0.05, 0) is 37.8 Å². The zero-order valence-corrected chi connectivity index (χ0v) is 12.8. The minimum absolute atomic E-state index is 0.163. The lowest BCUT2D eigenvalue weighted by Crippen LogP contribution is -2.31. The van der Waals surface area contributed by atoms with Gasteiger partial charge in [-0.15, -0.1) is 0 Å². The number of hydrogen-bond donors (Lipinski definition) is 1. The van der Waals surface area contributed by atoms with Crippen molar-refractivity contribution in [1.29, 1.82) is 0 Å². The van der Waals surface area contributed by atoms with E-state index in [9.17, 15) is 10.1 Å². The number of anilines is 1. The van der Waals surface area contributed by atoms with E-state index in [1.807, 2.05) is 24.8 Å². The molecule has 6 heteroatoms. The molecule has 2 rings (SSSR count). The summed E-state index contributed by atoms with van der Waals surface area (Å²) in [6, 6.07) is 5.64. The fourth-order valence-corrected chi connectivity index (χ4v) is 3.75. The van der Waals surface area contributed by atoms with E-state index in [0.29, 0.717) is 6.04 Å². The average molecular weight is 295 g/mol. The summed E-state index contributed by atoms with van der Waals surface area (Å²) in [5.74, 6) is 2.37. The lowest BCUT2D eigenvalue weighted by molar-refractivity contribution is -0.384. The van der Waals surface area contributed by atoms with Crippen molar-refractivity contribution in [3.63, 3.8) is 0 Å². The molecular formula is C14H21N3O2S. The lowest BCUT2D eigenvalue weighted by atomic mass is 10.1. The van der Waals surface area contributed by atoms with Crippen LogP contribution in [0.3, 0.4) is 0 Å². The summed E-state index contributed by atoms with van der Waals surface area (Å²) in [6.45, 7) is 3.59. The zero-order valence-electron chi connectivity index (χ0n) is 12.0. The Hall–Kier alpha value is -1.27. The molecule has 5 nitrogen and oxygen atoms in total. The van der Waals surface area contributed by atoms with Gasteiger partial charge in [0, 0.05) is 42.7 Å². The van der Waals surface area contributed by atoms with Crippen molar-refractivity contribution in [3.8, 4) is 0 Å². The molecule has 0 amide bonds. The van der Waals surface area contributed by atoms with Crippen LogP contribution >= 0.6 is 11.8 Å². The van der Waals surface area contributed by atoms with Crippen molar-refractivity contribution >= 4 is 23.1 Å². The SMILES string of the molecule is CCNc1ccc([N+](=O)[O-])cc1CN(C)C1CCSC1. The van der Waals surface area contributed by atoms with E-state index >= 15 is 0 Å². The predicted molar refractivity (Wildman–Crippen MR) is 84.5 cm³/mol. The molecule has 0 bridgehead atoms. The second-order valence-electron chi connectivity index (χ2n) is 5.06. The highest BCUT2D eigenvalue weighted by Gasteiger charge is 2.21. The molecule has 1 heterocycles. The number of nitrogens with zero attached hydrogens (tertiary/aromatic N) is 2. The van der Waals surface area contributed by atoms with Crippen LogP contribution in [0.1, 0.15) is 18.9 Å². The predicted octanol–water partition coefficient (Wildman–Crippen LogP) is 2.96. The third kappa shape index (κ3) is 3.64. The second-order valence-corrected chi connectivity index (χ2v) is 6.21. The summed E-state index contributed by atoms with van der Waals surface area (Å²) < 4.78 is 0. The molecule has 20 heavy (non-hydrogen) atoms. The van der Waals surface area contributed by atoms with Crippen molar-refractivity contribution in [3.05, 3.63) is 33.9 Å². The first-order valence-corrected chi connectivity index (χ1v) is 8.06. The van der Waals surface area contributed by atoms with Gasteiger partial charge in [0.1, 0.15) is 0 Å². The van der Waals surface area contributed by atoms with Crippen LogP contribution in [0.4, 0.5) is 11.4 Å². The zero-order chi connectivity index (χ0) is 14.5. The second kappa shape index (κ2) is 6.95. The number of non-ortho nitro benzene ring substituents is 1. The molecule has 1 atom stereocenters. The number of thioether (sulfide) groups is 1. The Bertz CT molecular complexity index is 475. The molecular weight excluding hydrogens is 274 g/mol. The molecule has 1 aromatic carbocycles. The number of nitro benzene ring substituents is 1. The van der Waals surface area contributed by atoms with Crippen molar-refractivity contribution in [2.24, 2.45) is 0 Å². The minimum Gasteiger partial charge on any atom is -0.385 e. The smallest absolute Gasteiger partial charge is 0.269 e. The standard InChI is InChI=1S/C14H21N3O2S/c1-3-15-14-5-4-12(17(18)19)8-11(14)9-16(2)13-6-7-20-10-13/h4-5,8,13,15H,3,6-7,9-10H2,1-2H3. The number of benzene rings is 1. The van der Waals surface area contributed by atoms with Gasteiger partial charge in [-0.2, -0.15) is 11.8 Å². The molecule has 0 aliphatic carbocycles. The minimum atomic E-state index is -0.329. The van der Waals surface area contributed by atoms with Crippen LogP contribution < -0.4 is 5.32 Å². The van der Waals surface area contributed by atoms with Gasteiger partial charge in [-0.3, -0.25) is 15.0 Å². The molecule has 1 unspecified atom stereocenters. The van der Waals surface area contributed by atoms with Gasteiger partial charge in [-0.25, -0.2) is 0 Å². The summed E-state index contributed by atoms with van der Waals surface area (Å²) in [4.78, 5) is 12.9. The molecule has 0 aromatic heterocycles. The van der Waals surface area contributed by atoms with Gasteiger partial charge in [0.2, 0.25) is 0 Å². The van der Waals surface area contributed by atoms with Gasteiger partial charge in [-0.1, -0.05) is 0 Å². The van der Waals surface area contributed by atoms with E-state index in [-0.39, 0.29) is 10.6 Å². The van der Waals surface area contributed by atoms with Crippen molar-refractivity contribution < 1.29 is 4.92 Å². The molecule has 0 spiro atoms. The maximum atomic E-state index is 10.9. The van der Waals surface area contributed by atoms with Gasteiger partial charge in [0.05, 0.1) is 4.92 Å². The largest absolute Gasteiger partial charge is 0.385 e. The van der Waals surface area contributed by atoms with E-state index in [0.717, 1.165) is 30.1 Å². The first-order valence-electron chi connectivity index (χ1n) is 6.91. The van der Waals surface area contributed by atoms with Crippen LogP contribution in [0.5, 0.6) is 0 Å². The molecule has 1 aromatic rings. The summed E-state index contributed by atoms with van der Waals surface area (Å²) in [5.41, 5.74) is 2.16. The monoisotopic (exact) mass is 295 g/mol. The maximum Gasteiger partial charge on any atom is 0.269 e. The summed E-state index contributed by atoms with van der Waals surface area (Å²) in [6.07, 6.45) is 1.20. The van der Waals surface area contributed by atoms with Crippen LogP contribution in [-0.2, 0) is 6.54 Å². The first kappa shape index (κ1) is 15.1. The summed E-state index contributed by atoms with van der Waals surface area (Å²) in [7, 11) is 2.10. The molecule has 1 saturated heterocycles. The van der Waals surface area contributed by atoms with E-state index in [4.69, 9.17) is 0 Å². The van der Waals surface area contributed by atoms with Crippen LogP contribution in [0, 0.1) is 10.1 Å². The van der Waals surface area contributed by atoms with Crippen molar-refractivity contribution in [2.45, 2.75) is 25.9 Å².